The lowest BCUT2D eigenvalue weighted by Gasteiger charge is -2.03. The number of halogens is 1. The lowest BCUT2D eigenvalue weighted by atomic mass is 10.4. The van der Waals surface area contributed by atoms with Gasteiger partial charge in [0.15, 0.2) is 5.96 Å². The van der Waals surface area contributed by atoms with Gasteiger partial charge in [0.25, 0.3) is 0 Å². The number of carbonyl (C=O) groups excluding carboxylic acids is 1. The van der Waals surface area contributed by atoms with Crippen molar-refractivity contribution < 1.29 is 9.21 Å². The normalized spacial score (nSPS) is 10.3. The Hall–Kier alpha value is -1.51. The number of hydrogen-bond acceptors (Lipinski definition) is 3. The summed E-state index contributed by atoms with van der Waals surface area (Å²) in [6.07, 6.45) is 3.20. The minimum atomic E-state index is -0.218. The van der Waals surface area contributed by atoms with E-state index in [2.05, 4.69) is 22.2 Å². The lowest BCUT2D eigenvalue weighted by Crippen LogP contribution is -2.33. The van der Waals surface area contributed by atoms with Gasteiger partial charge in [0.1, 0.15) is 12.3 Å². The van der Waals surface area contributed by atoms with Crippen LogP contribution >= 0.6 is 24.0 Å². The van der Waals surface area contributed by atoms with Crippen molar-refractivity contribution in [3.8, 4) is 0 Å². The molecule has 1 heterocycles. The van der Waals surface area contributed by atoms with Gasteiger partial charge in [0.2, 0.25) is 5.91 Å². The van der Waals surface area contributed by atoms with Gasteiger partial charge in [-0.15, -0.1) is 30.6 Å². The van der Waals surface area contributed by atoms with Crippen molar-refractivity contribution in [1.82, 2.24) is 10.6 Å². The van der Waals surface area contributed by atoms with Crippen molar-refractivity contribution in [2.45, 2.75) is 6.54 Å². The molecule has 0 atom stereocenters. The Morgan fingerprint density at radius 3 is 2.94 bits per heavy atom. The second-order valence-corrected chi connectivity index (χ2v) is 3.23. The first-order valence-electron chi connectivity index (χ1n) is 5.16. The molecule has 4 N–H and O–H groups in total. The maximum absolute atomic E-state index is 11.4. The number of amides is 1. The summed E-state index contributed by atoms with van der Waals surface area (Å²) in [6, 6.07) is 3.54. The summed E-state index contributed by atoms with van der Waals surface area (Å²) in [6.45, 7) is 4.37. The third-order valence-corrected chi connectivity index (χ3v) is 1.86. The van der Waals surface area contributed by atoms with Crippen molar-refractivity contribution >= 4 is 35.8 Å². The quantitative estimate of drug-likeness (QED) is 0.298. The van der Waals surface area contributed by atoms with Gasteiger partial charge in [0.05, 0.1) is 12.8 Å². The van der Waals surface area contributed by atoms with Crippen LogP contribution in [0.25, 0.3) is 0 Å². The molecule has 1 aromatic heterocycles. The predicted molar refractivity (Wildman–Crippen MR) is 80.7 cm³/mol. The molecule has 7 heteroatoms. The summed E-state index contributed by atoms with van der Waals surface area (Å²) >= 11 is 0. The van der Waals surface area contributed by atoms with Crippen LogP contribution in [0.1, 0.15) is 5.76 Å². The van der Waals surface area contributed by atoms with Gasteiger partial charge in [-0.3, -0.25) is 4.79 Å². The van der Waals surface area contributed by atoms with Crippen LogP contribution < -0.4 is 16.4 Å². The Morgan fingerprint density at radius 2 is 2.33 bits per heavy atom. The molecule has 1 aromatic rings. The molecule has 0 radical (unpaired) electrons. The number of nitrogens with two attached hydrogens (primary N) is 1. The van der Waals surface area contributed by atoms with Crippen LogP contribution in [0.5, 0.6) is 0 Å². The summed E-state index contributed by atoms with van der Waals surface area (Å²) in [7, 11) is 0. The Bertz CT molecular complexity index is 390. The van der Waals surface area contributed by atoms with Crippen molar-refractivity contribution in [3.63, 3.8) is 0 Å². The van der Waals surface area contributed by atoms with E-state index >= 15 is 0 Å². The van der Waals surface area contributed by atoms with Crippen molar-refractivity contribution in [2.24, 2.45) is 10.7 Å². The Balaban J connectivity index is 0.00000289. The molecule has 6 nitrogen and oxygen atoms in total. The molecule has 0 saturated carbocycles. The number of rotatable bonds is 6. The first kappa shape index (κ1) is 16.5. The Morgan fingerprint density at radius 1 is 1.56 bits per heavy atom. The van der Waals surface area contributed by atoms with Crippen LogP contribution in [0.15, 0.2) is 40.5 Å². The van der Waals surface area contributed by atoms with Gasteiger partial charge in [-0.05, 0) is 12.1 Å². The zero-order valence-electron chi connectivity index (χ0n) is 9.89. The molecular weight excluding hydrogens is 347 g/mol. The number of hydrogen-bond donors (Lipinski definition) is 3. The second kappa shape index (κ2) is 9.51. The fourth-order valence-corrected chi connectivity index (χ4v) is 1.04. The van der Waals surface area contributed by atoms with Gasteiger partial charge in [-0.2, -0.15) is 0 Å². The zero-order chi connectivity index (χ0) is 12.5. The maximum atomic E-state index is 11.4. The Kier molecular flexibility index (Phi) is 8.71. The number of furan rings is 1. The minimum absolute atomic E-state index is 0. The summed E-state index contributed by atoms with van der Waals surface area (Å²) in [5, 5.41) is 5.42. The first-order valence-corrected chi connectivity index (χ1v) is 5.16. The molecule has 0 aliphatic heterocycles. The highest BCUT2D eigenvalue weighted by atomic mass is 127. The first-order chi connectivity index (χ1) is 8.22. The average Bonchev–Trinajstić information content (AvgIpc) is 2.84. The zero-order valence-corrected chi connectivity index (χ0v) is 12.2. The molecule has 1 amide bonds. The molecule has 0 bridgehead atoms. The van der Waals surface area contributed by atoms with E-state index in [1.165, 1.54) is 0 Å². The maximum Gasteiger partial charge on any atom is 0.242 e. The summed E-state index contributed by atoms with van der Waals surface area (Å²) in [4.78, 5) is 15.2. The van der Waals surface area contributed by atoms with Crippen LogP contribution in [0.3, 0.4) is 0 Å². The molecule has 0 spiro atoms. The van der Waals surface area contributed by atoms with E-state index in [0.29, 0.717) is 18.8 Å². The van der Waals surface area contributed by atoms with Crippen LogP contribution in [-0.4, -0.2) is 25.0 Å². The lowest BCUT2D eigenvalue weighted by molar-refractivity contribution is -0.119. The number of guanidine groups is 1. The summed E-state index contributed by atoms with van der Waals surface area (Å²) < 4.78 is 5.06. The van der Waals surface area contributed by atoms with Crippen molar-refractivity contribution in [1.29, 1.82) is 0 Å². The SMILES string of the molecule is C=CCNC(N)=NCC(=O)NCc1ccco1.I. The van der Waals surface area contributed by atoms with Crippen molar-refractivity contribution in [2.75, 3.05) is 13.1 Å². The third kappa shape index (κ3) is 6.94. The average molecular weight is 364 g/mol. The minimum Gasteiger partial charge on any atom is -0.467 e. The molecule has 0 saturated heterocycles. The van der Waals surface area contributed by atoms with E-state index in [1.807, 2.05) is 0 Å². The van der Waals surface area contributed by atoms with Gasteiger partial charge >= 0.3 is 0 Å². The van der Waals surface area contributed by atoms with Crippen LogP contribution in [-0.2, 0) is 11.3 Å². The molecule has 0 aromatic carbocycles. The van der Waals surface area contributed by atoms with Crippen LogP contribution in [0.4, 0.5) is 0 Å². The molecule has 0 aliphatic rings. The fraction of sp³-hybridized carbons (Fsp3) is 0.273. The van der Waals surface area contributed by atoms with E-state index in [-0.39, 0.29) is 42.4 Å². The monoisotopic (exact) mass is 364 g/mol. The predicted octanol–water partition coefficient (Wildman–Crippen LogP) is 0.604. The van der Waals surface area contributed by atoms with Crippen LogP contribution in [0, 0.1) is 0 Å². The molecule has 0 fully saturated rings. The largest absolute Gasteiger partial charge is 0.467 e. The standard InChI is InChI=1S/C11H16N4O2.HI/c1-2-5-13-11(12)15-8-10(16)14-7-9-4-3-6-17-9;/h2-4,6H,1,5,7-8H2,(H,14,16)(H3,12,13,15);1H. The number of aliphatic imine (C=N–C) groups is 1. The number of nitrogens with one attached hydrogen (secondary N) is 2. The van der Waals surface area contributed by atoms with Gasteiger partial charge in [-0.25, -0.2) is 4.99 Å². The van der Waals surface area contributed by atoms with Crippen molar-refractivity contribution in [3.05, 3.63) is 36.8 Å². The van der Waals surface area contributed by atoms with E-state index in [1.54, 1.807) is 24.5 Å². The highest BCUT2D eigenvalue weighted by molar-refractivity contribution is 14.0. The fourth-order valence-electron chi connectivity index (χ4n) is 1.04. The van der Waals surface area contributed by atoms with E-state index in [4.69, 9.17) is 10.2 Å². The second-order valence-electron chi connectivity index (χ2n) is 3.23. The molecular formula is C11H17IN4O2. The van der Waals surface area contributed by atoms with Gasteiger partial charge < -0.3 is 20.8 Å². The topological polar surface area (TPSA) is 92.6 Å². The number of carbonyl (C=O) groups is 1. The third-order valence-electron chi connectivity index (χ3n) is 1.86. The molecule has 0 unspecified atom stereocenters. The number of nitrogens with zero attached hydrogens (tertiary/aromatic N) is 1. The summed E-state index contributed by atoms with van der Waals surface area (Å²) in [5.74, 6) is 0.697. The van der Waals surface area contributed by atoms with Crippen LogP contribution in [0.2, 0.25) is 0 Å². The van der Waals surface area contributed by atoms with Gasteiger partial charge in [0, 0.05) is 6.54 Å². The Labute approximate surface area is 123 Å². The summed E-state index contributed by atoms with van der Waals surface area (Å²) in [5.41, 5.74) is 5.49. The smallest absolute Gasteiger partial charge is 0.242 e. The van der Waals surface area contributed by atoms with Gasteiger partial charge in [-0.1, -0.05) is 6.08 Å². The van der Waals surface area contributed by atoms with E-state index in [9.17, 15) is 4.79 Å². The molecule has 1 rings (SSSR count). The van der Waals surface area contributed by atoms with E-state index in [0.717, 1.165) is 0 Å². The highest BCUT2D eigenvalue weighted by Crippen LogP contribution is 1.97. The molecule has 0 aliphatic carbocycles. The molecule has 100 valence electrons. The van der Waals surface area contributed by atoms with E-state index < -0.39 is 0 Å². The molecule has 18 heavy (non-hydrogen) atoms. The highest BCUT2D eigenvalue weighted by Gasteiger charge is 2.01.